The molecule has 7 heteroatoms. The third-order valence-electron chi connectivity index (χ3n) is 5.34. The number of carbonyl (C=O) groups excluding carboxylic acids is 2. The van der Waals surface area contributed by atoms with Crippen molar-refractivity contribution in [1.29, 1.82) is 0 Å². The minimum atomic E-state index is -0.851. The molecule has 0 aliphatic heterocycles. The molecule has 3 aromatic carbocycles. The average Bonchev–Trinajstić information content (AvgIpc) is 2.86. The molecule has 0 aromatic heterocycles. The van der Waals surface area contributed by atoms with E-state index in [9.17, 15) is 14.0 Å². The number of nitrogens with zero attached hydrogens (tertiary/aromatic N) is 1. The first-order valence-electron chi connectivity index (χ1n) is 11.1. The standard InChI is InChI=1S/C27H29FN2O4/c1-3-29-27(32)23(17-20-11-5-4-6-12-20)30(18-21-13-7-8-14-22(21)28)26(31)19-34-25-16-10-9-15-24(25)33-2/h4-16,23H,3,17-19H2,1-2H3,(H,29,32)/t23-/m1/s1. The smallest absolute Gasteiger partial charge is 0.261 e. The van der Waals surface area contributed by atoms with Gasteiger partial charge in [0.1, 0.15) is 11.9 Å². The van der Waals surface area contributed by atoms with E-state index in [0.717, 1.165) is 5.56 Å². The number of para-hydroxylation sites is 2. The van der Waals surface area contributed by atoms with Crippen LogP contribution in [0.4, 0.5) is 4.39 Å². The zero-order chi connectivity index (χ0) is 24.3. The van der Waals surface area contributed by atoms with Crippen molar-refractivity contribution in [2.45, 2.75) is 25.9 Å². The van der Waals surface area contributed by atoms with Gasteiger partial charge in [-0.3, -0.25) is 9.59 Å². The van der Waals surface area contributed by atoms with Crippen LogP contribution in [0.1, 0.15) is 18.1 Å². The molecule has 2 amide bonds. The number of carbonyl (C=O) groups is 2. The maximum atomic E-state index is 14.5. The fraction of sp³-hybridized carbons (Fsp3) is 0.259. The van der Waals surface area contributed by atoms with Crippen molar-refractivity contribution < 1.29 is 23.5 Å². The van der Waals surface area contributed by atoms with E-state index in [-0.39, 0.29) is 25.5 Å². The number of amides is 2. The highest BCUT2D eigenvalue weighted by molar-refractivity contribution is 5.88. The van der Waals surface area contributed by atoms with E-state index < -0.39 is 17.8 Å². The van der Waals surface area contributed by atoms with E-state index in [2.05, 4.69) is 5.32 Å². The van der Waals surface area contributed by atoms with E-state index in [1.165, 1.54) is 18.1 Å². The van der Waals surface area contributed by atoms with Crippen LogP contribution in [0.3, 0.4) is 0 Å². The first-order valence-corrected chi connectivity index (χ1v) is 11.1. The maximum absolute atomic E-state index is 14.5. The number of hydrogen-bond acceptors (Lipinski definition) is 4. The molecule has 0 aliphatic rings. The third-order valence-corrected chi connectivity index (χ3v) is 5.34. The molecule has 178 valence electrons. The van der Waals surface area contributed by atoms with Crippen LogP contribution in [0.5, 0.6) is 11.5 Å². The van der Waals surface area contributed by atoms with Crippen molar-refractivity contribution in [3.63, 3.8) is 0 Å². The first kappa shape index (κ1) is 24.8. The van der Waals surface area contributed by atoms with Crippen molar-refractivity contribution in [2.75, 3.05) is 20.3 Å². The molecule has 0 fully saturated rings. The molecule has 0 heterocycles. The Labute approximate surface area is 199 Å². The summed E-state index contributed by atoms with van der Waals surface area (Å²) in [6.45, 7) is 1.81. The summed E-state index contributed by atoms with van der Waals surface area (Å²) in [4.78, 5) is 27.9. The molecule has 0 aliphatic carbocycles. The predicted molar refractivity (Wildman–Crippen MR) is 128 cm³/mol. The van der Waals surface area contributed by atoms with Gasteiger partial charge in [-0.15, -0.1) is 0 Å². The summed E-state index contributed by atoms with van der Waals surface area (Å²) in [6.07, 6.45) is 0.279. The van der Waals surface area contributed by atoms with Gasteiger partial charge in [0.25, 0.3) is 5.91 Å². The molecule has 1 atom stereocenters. The number of ether oxygens (including phenoxy) is 2. The molecule has 3 rings (SSSR count). The van der Waals surface area contributed by atoms with Crippen LogP contribution >= 0.6 is 0 Å². The highest BCUT2D eigenvalue weighted by Crippen LogP contribution is 2.26. The molecule has 0 radical (unpaired) electrons. The van der Waals surface area contributed by atoms with Gasteiger partial charge in [0.2, 0.25) is 5.91 Å². The Morgan fingerprint density at radius 2 is 1.59 bits per heavy atom. The normalized spacial score (nSPS) is 11.4. The second-order valence-corrected chi connectivity index (χ2v) is 7.65. The van der Waals surface area contributed by atoms with Crippen LogP contribution in [0.25, 0.3) is 0 Å². The number of halogens is 1. The van der Waals surface area contributed by atoms with Crippen LogP contribution in [0.2, 0.25) is 0 Å². The molecule has 0 bridgehead atoms. The molecule has 0 unspecified atom stereocenters. The number of rotatable bonds is 11. The van der Waals surface area contributed by atoms with E-state index >= 15 is 0 Å². The second-order valence-electron chi connectivity index (χ2n) is 7.65. The van der Waals surface area contributed by atoms with Crippen LogP contribution < -0.4 is 14.8 Å². The Morgan fingerprint density at radius 1 is 0.941 bits per heavy atom. The summed E-state index contributed by atoms with van der Waals surface area (Å²) in [7, 11) is 1.51. The molecular formula is C27H29FN2O4. The number of methoxy groups -OCH3 is 1. The van der Waals surface area contributed by atoms with Gasteiger partial charge in [-0.25, -0.2) is 4.39 Å². The number of benzene rings is 3. The fourth-order valence-corrected chi connectivity index (χ4v) is 3.62. The number of hydrogen-bond donors (Lipinski definition) is 1. The van der Waals surface area contributed by atoms with Gasteiger partial charge in [0, 0.05) is 25.1 Å². The van der Waals surface area contributed by atoms with Gasteiger partial charge in [-0.1, -0.05) is 60.7 Å². The summed E-state index contributed by atoms with van der Waals surface area (Å²) in [5.74, 6) is -0.308. The summed E-state index contributed by atoms with van der Waals surface area (Å²) < 4.78 is 25.5. The molecule has 0 saturated heterocycles. The van der Waals surface area contributed by atoms with E-state index in [1.807, 2.05) is 37.3 Å². The van der Waals surface area contributed by atoms with Gasteiger partial charge in [-0.05, 0) is 30.7 Å². The van der Waals surface area contributed by atoms with E-state index in [0.29, 0.717) is 23.6 Å². The molecule has 3 aromatic rings. The SMILES string of the molecule is CCNC(=O)[C@@H](Cc1ccccc1)N(Cc1ccccc1F)C(=O)COc1ccccc1OC. The largest absolute Gasteiger partial charge is 0.493 e. The second kappa shape index (κ2) is 12.4. The summed E-state index contributed by atoms with van der Waals surface area (Å²) in [6, 6.07) is 21.8. The van der Waals surface area contributed by atoms with Crippen molar-refractivity contribution in [2.24, 2.45) is 0 Å². The fourth-order valence-electron chi connectivity index (χ4n) is 3.62. The molecule has 1 N–H and O–H groups in total. The monoisotopic (exact) mass is 464 g/mol. The van der Waals surface area contributed by atoms with Crippen LogP contribution in [-0.2, 0) is 22.6 Å². The average molecular weight is 465 g/mol. The quantitative estimate of drug-likeness (QED) is 0.466. The molecule has 6 nitrogen and oxygen atoms in total. The van der Waals surface area contributed by atoms with Gasteiger partial charge >= 0.3 is 0 Å². The lowest BCUT2D eigenvalue weighted by molar-refractivity contribution is -0.142. The summed E-state index contributed by atoms with van der Waals surface area (Å²) in [5, 5.41) is 2.81. The van der Waals surface area contributed by atoms with Crippen LogP contribution in [0.15, 0.2) is 78.9 Å². The Balaban J connectivity index is 1.91. The lowest BCUT2D eigenvalue weighted by atomic mass is 10.0. The van der Waals surface area contributed by atoms with Gasteiger partial charge in [0.15, 0.2) is 18.1 Å². The molecule has 0 saturated carbocycles. The van der Waals surface area contributed by atoms with Crippen LogP contribution in [0, 0.1) is 5.82 Å². The third kappa shape index (κ3) is 6.57. The van der Waals surface area contributed by atoms with Crippen molar-refractivity contribution in [3.8, 4) is 11.5 Å². The highest BCUT2D eigenvalue weighted by Gasteiger charge is 2.31. The molecule has 34 heavy (non-hydrogen) atoms. The van der Waals surface area contributed by atoms with E-state index in [4.69, 9.17) is 9.47 Å². The van der Waals surface area contributed by atoms with Gasteiger partial charge in [-0.2, -0.15) is 0 Å². The highest BCUT2D eigenvalue weighted by atomic mass is 19.1. The van der Waals surface area contributed by atoms with Crippen molar-refractivity contribution >= 4 is 11.8 Å². The molecule has 0 spiro atoms. The van der Waals surface area contributed by atoms with Gasteiger partial charge in [0.05, 0.1) is 7.11 Å². The minimum absolute atomic E-state index is 0.0740. The Bertz CT molecular complexity index is 1090. The number of likely N-dealkylation sites (N-methyl/N-ethyl adjacent to an activating group) is 1. The lowest BCUT2D eigenvalue weighted by Gasteiger charge is -2.31. The Kier molecular flexibility index (Phi) is 9.03. The van der Waals surface area contributed by atoms with Gasteiger partial charge < -0.3 is 19.7 Å². The topological polar surface area (TPSA) is 67.9 Å². The van der Waals surface area contributed by atoms with Crippen LogP contribution in [-0.4, -0.2) is 43.0 Å². The zero-order valence-electron chi connectivity index (χ0n) is 19.4. The van der Waals surface area contributed by atoms with E-state index in [1.54, 1.807) is 42.5 Å². The Hall–Kier alpha value is -3.87. The first-order chi connectivity index (χ1) is 16.5. The summed E-state index contributed by atoms with van der Waals surface area (Å²) >= 11 is 0. The zero-order valence-corrected chi connectivity index (χ0v) is 19.4. The minimum Gasteiger partial charge on any atom is -0.493 e. The summed E-state index contributed by atoms with van der Waals surface area (Å²) in [5.41, 5.74) is 1.20. The molecular weight excluding hydrogens is 435 g/mol. The lowest BCUT2D eigenvalue weighted by Crippen LogP contribution is -2.51. The predicted octanol–water partition coefficient (Wildman–Crippen LogP) is 3.99. The van der Waals surface area contributed by atoms with Crippen molar-refractivity contribution in [1.82, 2.24) is 10.2 Å². The Morgan fingerprint density at radius 3 is 2.26 bits per heavy atom. The van der Waals surface area contributed by atoms with Crippen molar-refractivity contribution in [3.05, 3.63) is 95.8 Å². The number of nitrogens with one attached hydrogen (secondary N) is 1. The maximum Gasteiger partial charge on any atom is 0.261 e.